The topological polar surface area (TPSA) is 56.5 Å². The zero-order valence-electron chi connectivity index (χ0n) is 15.5. The largest absolute Gasteiger partial charge is 0.392 e. The molecule has 0 heterocycles. The molecule has 4 heteroatoms. The van der Waals surface area contributed by atoms with Gasteiger partial charge in [0.25, 0.3) is 0 Å². The maximum absolute atomic E-state index is 9.92. The summed E-state index contributed by atoms with van der Waals surface area (Å²) >= 11 is 0. The maximum Gasteiger partial charge on any atom is 0.0991 e. The van der Waals surface area contributed by atoms with Gasteiger partial charge in [-0.05, 0) is 31.3 Å². The Balaban J connectivity index is 5.79. The van der Waals surface area contributed by atoms with E-state index in [4.69, 9.17) is 4.74 Å². The van der Waals surface area contributed by atoms with Gasteiger partial charge >= 0.3 is 0 Å². The van der Waals surface area contributed by atoms with Crippen molar-refractivity contribution in [3.63, 3.8) is 0 Å². The average Bonchev–Trinajstić information content (AvgIpc) is 2.51. The number of likely N-dealkylation sites (N-methyl/N-ethyl adjacent to an activating group) is 1. The molecule has 1 unspecified atom stereocenters. The van der Waals surface area contributed by atoms with Crippen LogP contribution in [0.15, 0.2) is 35.1 Å². The van der Waals surface area contributed by atoms with Crippen molar-refractivity contribution in [2.75, 3.05) is 27.3 Å². The molecular weight excluding hydrogens is 288 g/mol. The fourth-order valence-electron chi connectivity index (χ4n) is 2.41. The van der Waals surface area contributed by atoms with Gasteiger partial charge in [0.05, 0.1) is 24.4 Å². The van der Waals surface area contributed by atoms with Crippen LogP contribution in [0.3, 0.4) is 0 Å². The summed E-state index contributed by atoms with van der Waals surface area (Å²) in [6.07, 6.45) is 3.50. The number of hydrogen-bond donors (Lipinski definition) is 1. The zero-order valence-corrected chi connectivity index (χ0v) is 15.5. The minimum atomic E-state index is -0.130. The second-order valence-corrected chi connectivity index (χ2v) is 6.22. The number of rotatable bonds is 10. The van der Waals surface area contributed by atoms with Crippen molar-refractivity contribution in [2.24, 2.45) is 5.92 Å². The van der Waals surface area contributed by atoms with Gasteiger partial charge in [-0.2, -0.15) is 5.26 Å². The third-order valence-electron chi connectivity index (χ3n) is 3.73. The number of aliphatic hydroxyl groups is 1. The molecule has 130 valence electrons. The van der Waals surface area contributed by atoms with E-state index in [9.17, 15) is 10.4 Å². The van der Waals surface area contributed by atoms with Crippen molar-refractivity contribution in [1.82, 2.24) is 4.90 Å². The van der Waals surface area contributed by atoms with Gasteiger partial charge in [0.1, 0.15) is 0 Å². The van der Waals surface area contributed by atoms with Gasteiger partial charge in [0.2, 0.25) is 0 Å². The molecule has 0 aliphatic carbocycles. The molecule has 23 heavy (non-hydrogen) atoms. The molecule has 0 radical (unpaired) electrons. The van der Waals surface area contributed by atoms with E-state index < -0.39 is 0 Å². The molecule has 1 atom stereocenters. The Morgan fingerprint density at radius 3 is 2.35 bits per heavy atom. The first-order valence-electron chi connectivity index (χ1n) is 8.18. The molecule has 0 aromatic carbocycles. The van der Waals surface area contributed by atoms with E-state index in [0.29, 0.717) is 18.0 Å². The highest BCUT2D eigenvalue weighted by Crippen LogP contribution is 2.27. The van der Waals surface area contributed by atoms with Gasteiger partial charge in [-0.1, -0.05) is 33.4 Å². The number of hydrogen-bond acceptors (Lipinski definition) is 4. The highest BCUT2D eigenvalue weighted by molar-refractivity contribution is 5.50. The Hall–Kier alpha value is -1.57. The highest BCUT2D eigenvalue weighted by atomic mass is 16.5. The van der Waals surface area contributed by atoms with Gasteiger partial charge in [-0.3, -0.25) is 0 Å². The second-order valence-electron chi connectivity index (χ2n) is 6.22. The lowest BCUT2D eigenvalue weighted by atomic mass is 9.90. The van der Waals surface area contributed by atoms with Crippen molar-refractivity contribution in [1.29, 1.82) is 5.26 Å². The lowest BCUT2D eigenvalue weighted by molar-refractivity contribution is 0.0948. The van der Waals surface area contributed by atoms with Crippen LogP contribution in [-0.4, -0.2) is 43.4 Å². The molecule has 1 N–H and O–H groups in total. The van der Waals surface area contributed by atoms with Crippen molar-refractivity contribution < 1.29 is 9.84 Å². The molecule has 0 spiro atoms. The quantitative estimate of drug-likeness (QED) is 0.493. The lowest BCUT2D eigenvalue weighted by Gasteiger charge is -2.27. The Labute approximate surface area is 141 Å². The van der Waals surface area contributed by atoms with E-state index in [1.165, 1.54) is 0 Å². The van der Waals surface area contributed by atoms with Crippen LogP contribution in [0, 0.1) is 17.2 Å². The van der Waals surface area contributed by atoms with Crippen LogP contribution in [0.2, 0.25) is 0 Å². The van der Waals surface area contributed by atoms with Crippen LogP contribution < -0.4 is 0 Å². The summed E-state index contributed by atoms with van der Waals surface area (Å²) in [6, 6.07) is 2.28. The van der Waals surface area contributed by atoms with Gasteiger partial charge in [-0.25, -0.2) is 0 Å². The monoisotopic (exact) mass is 320 g/mol. The van der Waals surface area contributed by atoms with Crippen molar-refractivity contribution in [2.45, 2.75) is 46.6 Å². The smallest absolute Gasteiger partial charge is 0.0991 e. The number of methoxy groups -OCH3 is 1. The Morgan fingerprint density at radius 2 is 1.96 bits per heavy atom. The summed E-state index contributed by atoms with van der Waals surface area (Å²) in [5.41, 5.74) is 3.02. The summed E-state index contributed by atoms with van der Waals surface area (Å²) in [6.45, 7) is 12.9. The van der Waals surface area contributed by atoms with E-state index in [-0.39, 0.29) is 12.7 Å². The molecule has 0 bridgehead atoms. The Bertz CT molecular complexity index is 484. The summed E-state index contributed by atoms with van der Waals surface area (Å²) in [5, 5.41) is 19.4. The van der Waals surface area contributed by atoms with Gasteiger partial charge in [-0.15, -0.1) is 0 Å². The number of nitriles is 1. The van der Waals surface area contributed by atoms with Crippen LogP contribution in [0.5, 0.6) is 0 Å². The van der Waals surface area contributed by atoms with E-state index in [2.05, 4.69) is 26.5 Å². The first-order valence-corrected chi connectivity index (χ1v) is 8.18. The molecule has 0 aliphatic heterocycles. The van der Waals surface area contributed by atoms with Crippen molar-refractivity contribution in [3.8, 4) is 6.07 Å². The fraction of sp³-hybridized carbons (Fsp3) is 0.632. The average molecular weight is 320 g/mol. The van der Waals surface area contributed by atoms with Crippen molar-refractivity contribution in [3.05, 3.63) is 35.1 Å². The van der Waals surface area contributed by atoms with Crippen LogP contribution in [0.1, 0.15) is 40.5 Å². The minimum Gasteiger partial charge on any atom is -0.392 e. The van der Waals surface area contributed by atoms with E-state index >= 15 is 0 Å². The number of allylic oxidation sites excluding steroid dienone is 3. The van der Waals surface area contributed by atoms with Crippen molar-refractivity contribution >= 4 is 0 Å². The second kappa shape index (κ2) is 11.0. The molecule has 4 nitrogen and oxygen atoms in total. The van der Waals surface area contributed by atoms with Crippen LogP contribution >= 0.6 is 0 Å². The number of ether oxygens (including phenoxy) is 1. The minimum absolute atomic E-state index is 0.0619. The lowest BCUT2D eigenvalue weighted by Crippen LogP contribution is -2.29. The van der Waals surface area contributed by atoms with Crippen LogP contribution in [0.4, 0.5) is 0 Å². The maximum atomic E-state index is 9.92. The molecule has 0 aromatic rings. The SMILES string of the molecule is C=C(C(CO)=C(CC(C)C)C(C#N)=CCC)N(C)CC(C)OC. The molecule has 0 fully saturated rings. The summed E-state index contributed by atoms with van der Waals surface area (Å²) < 4.78 is 5.29. The van der Waals surface area contributed by atoms with Gasteiger partial charge in [0.15, 0.2) is 0 Å². The summed E-state index contributed by atoms with van der Waals surface area (Å²) in [4.78, 5) is 1.97. The molecule has 0 saturated heterocycles. The van der Waals surface area contributed by atoms with E-state index in [1.807, 2.05) is 31.9 Å². The molecule has 0 saturated carbocycles. The first kappa shape index (κ1) is 21.4. The number of nitrogens with zero attached hydrogens (tertiary/aromatic N) is 2. The normalized spacial score (nSPS) is 14.3. The molecule has 0 aliphatic rings. The predicted octanol–water partition coefficient (Wildman–Crippen LogP) is 3.66. The van der Waals surface area contributed by atoms with E-state index in [1.54, 1.807) is 7.11 Å². The van der Waals surface area contributed by atoms with Gasteiger partial charge < -0.3 is 14.7 Å². The number of aliphatic hydroxyl groups excluding tert-OH is 1. The predicted molar refractivity (Wildman–Crippen MR) is 95.8 cm³/mol. The summed E-state index contributed by atoms with van der Waals surface area (Å²) in [7, 11) is 3.60. The Kier molecular flexibility index (Phi) is 10.3. The zero-order chi connectivity index (χ0) is 18.0. The molecule has 0 aromatic heterocycles. The molecule has 0 rings (SSSR count). The van der Waals surface area contributed by atoms with E-state index in [0.717, 1.165) is 29.7 Å². The Morgan fingerprint density at radius 1 is 1.35 bits per heavy atom. The van der Waals surface area contributed by atoms with Crippen LogP contribution in [0.25, 0.3) is 0 Å². The third-order valence-corrected chi connectivity index (χ3v) is 3.73. The van der Waals surface area contributed by atoms with Gasteiger partial charge in [0, 0.05) is 32.0 Å². The molecule has 0 amide bonds. The fourth-order valence-corrected chi connectivity index (χ4v) is 2.41. The van der Waals surface area contributed by atoms with Crippen LogP contribution in [-0.2, 0) is 4.74 Å². The standard InChI is InChI=1S/C19H32N2O2/c1-8-9-17(11-20)18(10-14(2)3)19(13-22)16(5)21(6)12-15(4)23-7/h9,14-15,22H,5,8,10,12-13H2,1-4,6-7H3. The molecular formula is C19H32N2O2. The summed E-state index contributed by atoms with van der Waals surface area (Å²) in [5.74, 6) is 0.385. The first-order chi connectivity index (χ1) is 10.8. The third kappa shape index (κ3) is 7.02. The highest BCUT2D eigenvalue weighted by Gasteiger charge is 2.18.